The van der Waals surface area contributed by atoms with E-state index in [4.69, 9.17) is 0 Å². The first-order valence-corrected chi connectivity index (χ1v) is 6.57. The number of para-hydroxylation sites is 1. The van der Waals surface area contributed by atoms with Gasteiger partial charge < -0.3 is 4.74 Å². The third-order valence-corrected chi connectivity index (χ3v) is 3.44. The molecule has 1 atom stereocenters. The van der Waals surface area contributed by atoms with E-state index in [0.29, 0.717) is 0 Å². The van der Waals surface area contributed by atoms with Crippen molar-refractivity contribution in [2.24, 2.45) is 0 Å². The maximum atomic E-state index is 14.7. The Morgan fingerprint density at radius 1 is 1.18 bits per heavy atom. The number of benzene rings is 2. The second kappa shape index (κ2) is 6.34. The molecule has 0 heterocycles. The normalized spacial score (nSPS) is 11.8. The minimum Gasteiger partial charge on any atom is -0.469 e. The second-order valence-corrected chi connectivity index (χ2v) is 4.73. The van der Waals surface area contributed by atoms with Crippen molar-refractivity contribution in [2.75, 3.05) is 7.11 Å². The molecule has 0 aromatic heterocycles. The standard InChI is InChI=1S/C16H14FNO4/c1-10(16(19)22-2)11-7-5-8-13(15(11)17)12-6-3-4-9-14(12)18(20)21/h3-10H,1-2H3. The van der Waals surface area contributed by atoms with Gasteiger partial charge in [-0.1, -0.05) is 30.3 Å². The molecule has 1 unspecified atom stereocenters. The molecule has 0 saturated carbocycles. The third-order valence-electron chi connectivity index (χ3n) is 3.44. The first kappa shape index (κ1) is 15.6. The predicted octanol–water partition coefficient (Wildman–Crippen LogP) is 3.68. The highest BCUT2D eigenvalue weighted by molar-refractivity contribution is 5.80. The molecule has 0 fully saturated rings. The minimum atomic E-state index is -0.798. The SMILES string of the molecule is COC(=O)C(C)c1cccc(-c2ccccc2[N+](=O)[O-])c1F. The molecule has 0 bridgehead atoms. The summed E-state index contributed by atoms with van der Waals surface area (Å²) in [5.74, 6) is -2.03. The molecule has 0 aliphatic rings. The average Bonchev–Trinajstić information content (AvgIpc) is 2.53. The summed E-state index contributed by atoms with van der Waals surface area (Å²) in [6.07, 6.45) is 0. The van der Waals surface area contributed by atoms with Crippen molar-refractivity contribution >= 4 is 11.7 Å². The first-order chi connectivity index (χ1) is 10.5. The number of ether oxygens (including phenoxy) is 1. The number of carbonyl (C=O) groups is 1. The molecule has 0 saturated heterocycles. The van der Waals surface area contributed by atoms with E-state index in [0.717, 1.165) is 0 Å². The van der Waals surface area contributed by atoms with Gasteiger partial charge in [-0.3, -0.25) is 14.9 Å². The number of carbonyl (C=O) groups excluding carboxylic acids is 1. The van der Waals surface area contributed by atoms with Crippen LogP contribution < -0.4 is 0 Å². The van der Waals surface area contributed by atoms with Gasteiger partial charge in [-0.15, -0.1) is 0 Å². The highest BCUT2D eigenvalue weighted by atomic mass is 19.1. The number of rotatable bonds is 4. The predicted molar refractivity (Wildman–Crippen MR) is 78.9 cm³/mol. The van der Waals surface area contributed by atoms with Gasteiger partial charge >= 0.3 is 5.97 Å². The lowest BCUT2D eigenvalue weighted by Crippen LogP contribution is -2.12. The maximum absolute atomic E-state index is 14.7. The van der Waals surface area contributed by atoms with Crippen LogP contribution in [0.15, 0.2) is 42.5 Å². The first-order valence-electron chi connectivity index (χ1n) is 6.57. The zero-order valence-corrected chi connectivity index (χ0v) is 12.1. The molecule has 114 valence electrons. The summed E-state index contributed by atoms with van der Waals surface area (Å²) >= 11 is 0. The quantitative estimate of drug-likeness (QED) is 0.491. The molecule has 0 spiro atoms. The number of nitro benzene ring substituents is 1. The molecule has 22 heavy (non-hydrogen) atoms. The fourth-order valence-electron chi connectivity index (χ4n) is 2.26. The summed E-state index contributed by atoms with van der Waals surface area (Å²) in [5, 5.41) is 11.1. The Balaban J connectivity index is 2.60. The summed E-state index contributed by atoms with van der Waals surface area (Å²) < 4.78 is 19.3. The molecule has 0 N–H and O–H groups in total. The fraction of sp³-hybridized carbons (Fsp3) is 0.188. The van der Waals surface area contributed by atoms with E-state index in [-0.39, 0.29) is 22.4 Å². The van der Waals surface area contributed by atoms with Gasteiger partial charge in [-0.05, 0) is 13.0 Å². The molecule has 0 radical (unpaired) electrons. The van der Waals surface area contributed by atoms with Crippen LogP contribution in [-0.2, 0) is 9.53 Å². The number of nitrogens with zero attached hydrogens (tertiary/aromatic N) is 1. The van der Waals surface area contributed by atoms with Crippen LogP contribution in [0.5, 0.6) is 0 Å². The second-order valence-electron chi connectivity index (χ2n) is 4.73. The Kier molecular flexibility index (Phi) is 4.50. The smallest absolute Gasteiger partial charge is 0.312 e. The number of hydrogen-bond donors (Lipinski definition) is 0. The highest BCUT2D eigenvalue weighted by Gasteiger charge is 2.24. The van der Waals surface area contributed by atoms with E-state index >= 15 is 0 Å². The topological polar surface area (TPSA) is 69.4 Å². The van der Waals surface area contributed by atoms with Gasteiger partial charge in [0.15, 0.2) is 0 Å². The molecule has 0 amide bonds. The lowest BCUT2D eigenvalue weighted by molar-refractivity contribution is -0.384. The van der Waals surface area contributed by atoms with Gasteiger partial charge in [0.05, 0.1) is 23.5 Å². The zero-order chi connectivity index (χ0) is 16.3. The number of methoxy groups -OCH3 is 1. The van der Waals surface area contributed by atoms with Crippen LogP contribution in [0.1, 0.15) is 18.4 Å². The van der Waals surface area contributed by atoms with Crippen LogP contribution >= 0.6 is 0 Å². The van der Waals surface area contributed by atoms with Crippen molar-refractivity contribution in [2.45, 2.75) is 12.8 Å². The zero-order valence-electron chi connectivity index (χ0n) is 12.1. The van der Waals surface area contributed by atoms with Crippen molar-refractivity contribution in [1.29, 1.82) is 0 Å². The Hall–Kier alpha value is -2.76. The molecule has 5 nitrogen and oxygen atoms in total. The Bertz CT molecular complexity index is 730. The van der Waals surface area contributed by atoms with E-state index < -0.39 is 22.6 Å². The van der Waals surface area contributed by atoms with Gasteiger partial charge in [0.1, 0.15) is 5.82 Å². The average molecular weight is 303 g/mol. The van der Waals surface area contributed by atoms with E-state index in [2.05, 4.69) is 4.74 Å². The minimum absolute atomic E-state index is 0.0838. The molecule has 2 rings (SSSR count). The molecule has 0 aliphatic carbocycles. The van der Waals surface area contributed by atoms with Gasteiger partial charge in [0.25, 0.3) is 5.69 Å². The molecule has 2 aromatic rings. The van der Waals surface area contributed by atoms with E-state index in [1.165, 1.54) is 44.4 Å². The number of esters is 1. The molecular formula is C16H14FNO4. The summed E-state index contributed by atoms with van der Waals surface area (Å²) in [5.41, 5.74) is 0.205. The van der Waals surface area contributed by atoms with Gasteiger partial charge in [-0.25, -0.2) is 4.39 Å². The third kappa shape index (κ3) is 2.81. The lowest BCUT2D eigenvalue weighted by Gasteiger charge is -2.13. The number of nitro groups is 1. The summed E-state index contributed by atoms with van der Waals surface area (Å²) in [6, 6.07) is 10.4. The van der Waals surface area contributed by atoms with Crippen LogP contribution in [0.2, 0.25) is 0 Å². The highest BCUT2D eigenvalue weighted by Crippen LogP contribution is 2.34. The Morgan fingerprint density at radius 2 is 1.82 bits per heavy atom. The number of hydrogen-bond acceptors (Lipinski definition) is 4. The molecule has 6 heteroatoms. The van der Waals surface area contributed by atoms with Crippen LogP contribution in [0.25, 0.3) is 11.1 Å². The van der Waals surface area contributed by atoms with E-state index in [1.54, 1.807) is 12.1 Å². The summed E-state index contributed by atoms with van der Waals surface area (Å²) in [6.45, 7) is 1.52. The number of halogens is 1. The maximum Gasteiger partial charge on any atom is 0.312 e. The Morgan fingerprint density at radius 3 is 2.45 bits per heavy atom. The van der Waals surface area contributed by atoms with Crippen LogP contribution in [0.4, 0.5) is 10.1 Å². The molecular weight excluding hydrogens is 289 g/mol. The van der Waals surface area contributed by atoms with Crippen LogP contribution in [-0.4, -0.2) is 18.0 Å². The molecule has 0 aliphatic heterocycles. The van der Waals surface area contributed by atoms with Gasteiger partial charge in [0, 0.05) is 17.2 Å². The van der Waals surface area contributed by atoms with Crippen molar-refractivity contribution < 1.29 is 18.8 Å². The largest absolute Gasteiger partial charge is 0.469 e. The summed E-state index contributed by atoms with van der Waals surface area (Å²) in [4.78, 5) is 22.1. The van der Waals surface area contributed by atoms with Crippen molar-refractivity contribution in [1.82, 2.24) is 0 Å². The van der Waals surface area contributed by atoms with Crippen molar-refractivity contribution in [3.8, 4) is 11.1 Å². The van der Waals surface area contributed by atoms with Crippen molar-refractivity contribution in [3.63, 3.8) is 0 Å². The van der Waals surface area contributed by atoms with Crippen molar-refractivity contribution in [3.05, 3.63) is 64.0 Å². The Labute approximate surface area is 126 Å². The molecule has 2 aromatic carbocycles. The lowest BCUT2D eigenvalue weighted by atomic mass is 9.94. The monoisotopic (exact) mass is 303 g/mol. The fourth-order valence-corrected chi connectivity index (χ4v) is 2.26. The van der Waals surface area contributed by atoms with Gasteiger partial charge in [-0.2, -0.15) is 0 Å². The van der Waals surface area contributed by atoms with Crippen LogP contribution in [0.3, 0.4) is 0 Å². The van der Waals surface area contributed by atoms with Gasteiger partial charge in [0.2, 0.25) is 0 Å². The van der Waals surface area contributed by atoms with Crippen LogP contribution in [0, 0.1) is 15.9 Å². The summed E-state index contributed by atoms with van der Waals surface area (Å²) in [7, 11) is 1.22. The van der Waals surface area contributed by atoms with E-state index in [1.807, 2.05) is 0 Å². The van der Waals surface area contributed by atoms with E-state index in [9.17, 15) is 19.3 Å².